The number of ether oxygens (including phenoxy) is 1. The first-order valence-corrected chi connectivity index (χ1v) is 7.15. The van der Waals surface area contributed by atoms with E-state index in [1.807, 2.05) is 13.8 Å². The highest BCUT2D eigenvalue weighted by molar-refractivity contribution is 5.99. The molecule has 0 saturated carbocycles. The summed E-state index contributed by atoms with van der Waals surface area (Å²) in [7, 11) is 0. The Balaban J connectivity index is 2.28. The molecule has 114 valence electrons. The zero-order chi connectivity index (χ0) is 15.4. The van der Waals surface area contributed by atoms with E-state index < -0.39 is 5.97 Å². The van der Waals surface area contributed by atoms with Gasteiger partial charge in [-0.05, 0) is 25.0 Å². The van der Waals surface area contributed by atoms with Crippen molar-refractivity contribution in [3.8, 4) is 5.75 Å². The lowest BCUT2D eigenvalue weighted by molar-refractivity contribution is 0.0692. The molecule has 21 heavy (non-hydrogen) atoms. The van der Waals surface area contributed by atoms with Crippen LogP contribution in [0.3, 0.4) is 0 Å². The molecule has 0 saturated heterocycles. The van der Waals surface area contributed by atoms with Crippen LogP contribution in [-0.4, -0.2) is 36.3 Å². The van der Waals surface area contributed by atoms with Gasteiger partial charge in [-0.15, -0.1) is 0 Å². The Morgan fingerprint density at radius 2 is 2.10 bits per heavy atom. The molecule has 0 radical (unpaired) electrons. The molecule has 0 bridgehead atoms. The van der Waals surface area contributed by atoms with Crippen LogP contribution in [0.1, 0.15) is 37.0 Å². The first kappa shape index (κ1) is 15.2. The maximum absolute atomic E-state index is 12.4. The predicted molar refractivity (Wildman–Crippen MR) is 79.1 cm³/mol. The van der Waals surface area contributed by atoms with Gasteiger partial charge in [0, 0.05) is 6.04 Å². The molecule has 2 rings (SSSR count). The molecule has 1 aliphatic rings. The van der Waals surface area contributed by atoms with Gasteiger partial charge < -0.3 is 15.2 Å². The highest BCUT2D eigenvalue weighted by atomic mass is 16.5. The number of carbonyl (C=O) groups is 2. The van der Waals surface area contributed by atoms with Gasteiger partial charge in [0.25, 0.3) is 0 Å². The molecule has 0 atom stereocenters. The third-order valence-corrected chi connectivity index (χ3v) is 3.64. The van der Waals surface area contributed by atoms with Gasteiger partial charge in [-0.1, -0.05) is 19.9 Å². The van der Waals surface area contributed by atoms with E-state index in [-0.39, 0.29) is 30.0 Å². The lowest BCUT2D eigenvalue weighted by atomic mass is 10.1. The number of amides is 2. The fourth-order valence-electron chi connectivity index (χ4n) is 2.37. The predicted octanol–water partition coefficient (Wildman–Crippen LogP) is 2.48. The number of hydrogen-bond donors (Lipinski definition) is 2. The Kier molecular flexibility index (Phi) is 4.67. The second-order valence-electron chi connectivity index (χ2n) is 4.92. The molecule has 2 N–H and O–H groups in total. The number of fused-ring (bicyclic) bond motifs is 1. The van der Waals surface area contributed by atoms with Crippen molar-refractivity contribution in [1.82, 2.24) is 5.32 Å². The van der Waals surface area contributed by atoms with E-state index in [0.29, 0.717) is 12.2 Å². The number of para-hydroxylation sites is 1. The van der Waals surface area contributed by atoms with Crippen LogP contribution in [0.5, 0.6) is 5.75 Å². The molecule has 0 spiro atoms. The third-order valence-electron chi connectivity index (χ3n) is 3.64. The summed E-state index contributed by atoms with van der Waals surface area (Å²) in [6.07, 6.45) is 1.71. The summed E-state index contributed by atoms with van der Waals surface area (Å²) in [5.74, 6) is -0.801. The van der Waals surface area contributed by atoms with Crippen molar-refractivity contribution >= 4 is 17.7 Å². The standard InChI is InChI=1S/C15H20N2O4/c1-3-10(4-2)16-15(20)17-8-9-21-13-11(14(18)19)6-5-7-12(13)17/h5-7,10H,3-4,8-9H2,1-2H3,(H,16,20)(H,18,19). The number of anilines is 1. The maximum Gasteiger partial charge on any atom is 0.339 e. The van der Waals surface area contributed by atoms with Crippen molar-refractivity contribution < 1.29 is 19.4 Å². The summed E-state index contributed by atoms with van der Waals surface area (Å²) in [4.78, 5) is 25.1. The number of urea groups is 1. The smallest absolute Gasteiger partial charge is 0.339 e. The van der Waals surface area contributed by atoms with Gasteiger partial charge in [-0.3, -0.25) is 4.90 Å². The molecule has 0 aromatic heterocycles. The molecular formula is C15H20N2O4. The molecule has 1 aromatic rings. The van der Waals surface area contributed by atoms with Crippen LogP contribution in [0.15, 0.2) is 18.2 Å². The van der Waals surface area contributed by atoms with Crippen molar-refractivity contribution in [2.75, 3.05) is 18.1 Å². The quantitative estimate of drug-likeness (QED) is 0.893. The fraction of sp³-hybridized carbons (Fsp3) is 0.467. The largest absolute Gasteiger partial charge is 0.489 e. The first-order valence-electron chi connectivity index (χ1n) is 7.15. The van der Waals surface area contributed by atoms with Crippen molar-refractivity contribution in [1.29, 1.82) is 0 Å². The third kappa shape index (κ3) is 3.09. The minimum absolute atomic E-state index is 0.0764. The van der Waals surface area contributed by atoms with Crippen LogP contribution in [0.4, 0.5) is 10.5 Å². The molecule has 0 fully saturated rings. The first-order chi connectivity index (χ1) is 10.1. The zero-order valence-corrected chi connectivity index (χ0v) is 12.3. The lowest BCUT2D eigenvalue weighted by Gasteiger charge is -2.31. The number of rotatable bonds is 4. The van der Waals surface area contributed by atoms with Gasteiger partial charge in [-0.2, -0.15) is 0 Å². The van der Waals surface area contributed by atoms with Gasteiger partial charge >= 0.3 is 12.0 Å². The van der Waals surface area contributed by atoms with Gasteiger partial charge in [0.15, 0.2) is 5.75 Å². The fourth-order valence-corrected chi connectivity index (χ4v) is 2.37. The van der Waals surface area contributed by atoms with Gasteiger partial charge in [0.1, 0.15) is 12.2 Å². The Bertz CT molecular complexity index is 540. The van der Waals surface area contributed by atoms with E-state index in [0.717, 1.165) is 12.8 Å². The molecule has 0 unspecified atom stereocenters. The Hall–Kier alpha value is -2.24. The summed E-state index contributed by atoms with van der Waals surface area (Å²) >= 11 is 0. The summed E-state index contributed by atoms with van der Waals surface area (Å²) in [5, 5.41) is 12.1. The average Bonchev–Trinajstić information content (AvgIpc) is 2.50. The number of carbonyl (C=O) groups excluding carboxylic acids is 1. The molecule has 1 heterocycles. The molecule has 6 heteroatoms. The lowest BCUT2D eigenvalue weighted by Crippen LogP contribution is -2.47. The summed E-state index contributed by atoms with van der Waals surface area (Å²) in [5.41, 5.74) is 0.581. The Labute approximate surface area is 123 Å². The number of aromatic carboxylic acids is 1. The number of carboxylic acid groups (broad SMARTS) is 1. The monoisotopic (exact) mass is 292 g/mol. The Morgan fingerprint density at radius 3 is 2.71 bits per heavy atom. The van der Waals surface area contributed by atoms with Gasteiger partial charge in [0.2, 0.25) is 0 Å². The van der Waals surface area contributed by atoms with E-state index in [4.69, 9.17) is 4.74 Å². The van der Waals surface area contributed by atoms with Crippen LogP contribution in [0, 0.1) is 0 Å². The number of carboxylic acids is 1. The highest BCUT2D eigenvalue weighted by Gasteiger charge is 2.28. The van der Waals surface area contributed by atoms with E-state index in [9.17, 15) is 14.7 Å². The summed E-state index contributed by atoms with van der Waals surface area (Å²) in [6.45, 7) is 4.73. The minimum atomic E-state index is -1.06. The number of nitrogens with zero attached hydrogens (tertiary/aromatic N) is 1. The van der Waals surface area contributed by atoms with Crippen LogP contribution in [0.25, 0.3) is 0 Å². The maximum atomic E-state index is 12.4. The second kappa shape index (κ2) is 6.47. The number of hydrogen-bond acceptors (Lipinski definition) is 3. The zero-order valence-electron chi connectivity index (χ0n) is 12.3. The van der Waals surface area contributed by atoms with Crippen molar-refractivity contribution in [2.24, 2.45) is 0 Å². The van der Waals surface area contributed by atoms with E-state index in [2.05, 4.69) is 5.32 Å². The van der Waals surface area contributed by atoms with Crippen LogP contribution >= 0.6 is 0 Å². The number of nitrogens with one attached hydrogen (secondary N) is 1. The summed E-state index contributed by atoms with van der Waals surface area (Å²) < 4.78 is 5.45. The molecule has 6 nitrogen and oxygen atoms in total. The minimum Gasteiger partial charge on any atom is -0.489 e. The van der Waals surface area contributed by atoms with Crippen molar-refractivity contribution in [3.05, 3.63) is 23.8 Å². The SMILES string of the molecule is CCC(CC)NC(=O)N1CCOc2c(C(=O)O)cccc21. The molecule has 1 aromatic carbocycles. The van der Waals surface area contributed by atoms with E-state index >= 15 is 0 Å². The summed E-state index contributed by atoms with van der Waals surface area (Å²) in [6, 6.07) is 4.70. The van der Waals surface area contributed by atoms with E-state index in [1.165, 1.54) is 6.07 Å². The average molecular weight is 292 g/mol. The normalized spacial score (nSPS) is 13.6. The highest BCUT2D eigenvalue weighted by Crippen LogP contribution is 2.35. The van der Waals surface area contributed by atoms with Crippen molar-refractivity contribution in [3.63, 3.8) is 0 Å². The van der Waals surface area contributed by atoms with Crippen LogP contribution in [0.2, 0.25) is 0 Å². The Morgan fingerprint density at radius 1 is 1.38 bits per heavy atom. The van der Waals surface area contributed by atoms with E-state index in [1.54, 1.807) is 17.0 Å². The molecule has 0 aliphatic carbocycles. The molecular weight excluding hydrogens is 272 g/mol. The van der Waals surface area contributed by atoms with Crippen LogP contribution < -0.4 is 15.0 Å². The second-order valence-corrected chi connectivity index (χ2v) is 4.92. The molecule has 1 aliphatic heterocycles. The molecule has 2 amide bonds. The van der Waals surface area contributed by atoms with Gasteiger partial charge in [0.05, 0.1) is 12.2 Å². The van der Waals surface area contributed by atoms with Gasteiger partial charge in [-0.25, -0.2) is 9.59 Å². The topological polar surface area (TPSA) is 78.9 Å². The van der Waals surface area contributed by atoms with Crippen molar-refractivity contribution in [2.45, 2.75) is 32.7 Å². The van der Waals surface area contributed by atoms with Crippen LogP contribution in [-0.2, 0) is 0 Å². The number of benzene rings is 1.